The first-order valence-corrected chi connectivity index (χ1v) is 5.84. The fourth-order valence-corrected chi connectivity index (χ4v) is 1.23. The lowest BCUT2D eigenvalue weighted by Crippen LogP contribution is -2.12. The maximum absolute atomic E-state index is 11.7. The second-order valence-corrected chi connectivity index (χ2v) is 3.89. The molecule has 0 atom stereocenters. The summed E-state index contributed by atoms with van der Waals surface area (Å²) in [5, 5.41) is 0. The molecule has 0 aliphatic carbocycles. The highest BCUT2D eigenvalue weighted by Gasteiger charge is 2.20. The second-order valence-electron chi connectivity index (χ2n) is 3.89. The third kappa shape index (κ3) is 5.08. The van der Waals surface area contributed by atoms with Crippen molar-refractivity contribution >= 4 is 5.97 Å². The minimum atomic E-state index is -0.529. The summed E-state index contributed by atoms with van der Waals surface area (Å²) in [4.78, 5) is 11.7. The van der Waals surface area contributed by atoms with Gasteiger partial charge in [0.1, 0.15) is 17.1 Å². The maximum Gasteiger partial charge on any atom is 0.345 e. The third-order valence-corrected chi connectivity index (χ3v) is 2.09. The molecule has 0 spiro atoms. The van der Waals surface area contributed by atoms with Crippen molar-refractivity contribution in [2.75, 3.05) is 20.8 Å². The Labute approximate surface area is 109 Å². The van der Waals surface area contributed by atoms with E-state index in [1.54, 1.807) is 6.08 Å². The van der Waals surface area contributed by atoms with Gasteiger partial charge in [0.05, 0.1) is 20.8 Å². The molecule has 0 aromatic rings. The fourth-order valence-electron chi connectivity index (χ4n) is 1.23. The van der Waals surface area contributed by atoms with Crippen LogP contribution >= 0.6 is 0 Å². The lowest BCUT2D eigenvalue weighted by atomic mass is 10.1. The highest BCUT2D eigenvalue weighted by atomic mass is 16.5. The molecule has 0 heterocycles. The number of methoxy groups -OCH3 is 2. The quantitative estimate of drug-likeness (QED) is 0.303. The monoisotopic (exact) mass is 254 g/mol. The molecule has 0 N–H and O–H groups in total. The maximum atomic E-state index is 11.7. The Kier molecular flexibility index (Phi) is 7.59. The summed E-state index contributed by atoms with van der Waals surface area (Å²) in [6.07, 6.45) is 3.64. The van der Waals surface area contributed by atoms with Crippen LogP contribution in [0.1, 0.15) is 20.8 Å². The zero-order valence-electron chi connectivity index (χ0n) is 11.8. The van der Waals surface area contributed by atoms with Crippen LogP contribution in [0.2, 0.25) is 0 Å². The lowest BCUT2D eigenvalue weighted by molar-refractivity contribution is -0.136. The van der Waals surface area contributed by atoms with Crippen molar-refractivity contribution < 1.29 is 19.0 Å². The van der Waals surface area contributed by atoms with Crippen LogP contribution in [0.3, 0.4) is 0 Å². The van der Waals surface area contributed by atoms with Crippen LogP contribution < -0.4 is 0 Å². The van der Waals surface area contributed by atoms with Crippen molar-refractivity contribution in [1.29, 1.82) is 0 Å². The normalized spacial score (nSPS) is 12.3. The fraction of sp³-hybridized carbons (Fsp3) is 0.500. The number of allylic oxidation sites excluding steroid dienone is 2. The molecular weight excluding hydrogens is 232 g/mol. The molecule has 4 heteroatoms. The topological polar surface area (TPSA) is 44.8 Å². The van der Waals surface area contributed by atoms with Crippen molar-refractivity contribution in [3.63, 3.8) is 0 Å². The number of hydrogen-bond donors (Lipinski definition) is 0. The largest absolute Gasteiger partial charge is 0.496 e. The standard InChI is InChI=1S/C14H22O4/c1-7-18-11(4)13(14(15)17-6)12(16-5)9-8-10(2)3/h8-10H,4,7H2,1-3,5-6H3. The van der Waals surface area contributed by atoms with E-state index in [0.29, 0.717) is 18.3 Å². The zero-order valence-corrected chi connectivity index (χ0v) is 11.8. The van der Waals surface area contributed by atoms with E-state index in [1.165, 1.54) is 14.2 Å². The average Bonchev–Trinajstić information content (AvgIpc) is 2.33. The summed E-state index contributed by atoms with van der Waals surface area (Å²) in [5.74, 6) is 0.441. The van der Waals surface area contributed by atoms with Gasteiger partial charge in [0.15, 0.2) is 0 Å². The Morgan fingerprint density at radius 2 is 1.89 bits per heavy atom. The highest BCUT2D eigenvalue weighted by molar-refractivity contribution is 5.93. The number of hydrogen-bond acceptors (Lipinski definition) is 4. The Balaban J connectivity index is 5.44. The number of ether oxygens (including phenoxy) is 3. The molecule has 0 aromatic carbocycles. The van der Waals surface area contributed by atoms with Gasteiger partial charge < -0.3 is 14.2 Å². The van der Waals surface area contributed by atoms with E-state index in [9.17, 15) is 4.79 Å². The Hall–Kier alpha value is -1.71. The van der Waals surface area contributed by atoms with Crippen molar-refractivity contribution in [3.05, 3.63) is 35.8 Å². The van der Waals surface area contributed by atoms with Crippen LogP contribution in [0.15, 0.2) is 35.8 Å². The molecule has 0 radical (unpaired) electrons. The van der Waals surface area contributed by atoms with E-state index in [2.05, 4.69) is 6.58 Å². The Bertz CT molecular complexity index is 351. The molecule has 4 nitrogen and oxygen atoms in total. The molecule has 0 amide bonds. The summed E-state index contributed by atoms with van der Waals surface area (Å²) >= 11 is 0. The molecule has 0 aliphatic rings. The molecular formula is C14H22O4. The Morgan fingerprint density at radius 3 is 2.28 bits per heavy atom. The molecule has 0 bridgehead atoms. The molecule has 0 unspecified atom stereocenters. The smallest absolute Gasteiger partial charge is 0.345 e. The minimum absolute atomic E-state index is 0.207. The molecule has 0 rings (SSSR count). The van der Waals surface area contributed by atoms with E-state index >= 15 is 0 Å². The molecule has 0 aliphatic heterocycles. The number of rotatable bonds is 7. The van der Waals surface area contributed by atoms with Crippen LogP contribution in [-0.2, 0) is 19.0 Å². The first-order valence-electron chi connectivity index (χ1n) is 5.84. The van der Waals surface area contributed by atoms with Gasteiger partial charge in [0.2, 0.25) is 0 Å². The molecule has 0 saturated carbocycles. The van der Waals surface area contributed by atoms with Crippen LogP contribution in [0, 0.1) is 5.92 Å². The second kappa shape index (κ2) is 8.39. The van der Waals surface area contributed by atoms with Crippen molar-refractivity contribution in [1.82, 2.24) is 0 Å². The summed E-state index contributed by atoms with van der Waals surface area (Å²) in [7, 11) is 2.79. The highest BCUT2D eigenvalue weighted by Crippen LogP contribution is 2.19. The van der Waals surface area contributed by atoms with E-state index in [4.69, 9.17) is 14.2 Å². The number of esters is 1. The summed E-state index contributed by atoms with van der Waals surface area (Å²) in [6, 6.07) is 0. The minimum Gasteiger partial charge on any atom is -0.496 e. The predicted octanol–water partition coefficient (Wildman–Crippen LogP) is 2.82. The van der Waals surface area contributed by atoms with Gasteiger partial charge in [-0.15, -0.1) is 0 Å². The van der Waals surface area contributed by atoms with Gasteiger partial charge in [-0.1, -0.05) is 26.5 Å². The lowest BCUT2D eigenvalue weighted by Gasteiger charge is -2.13. The van der Waals surface area contributed by atoms with Gasteiger partial charge in [0.25, 0.3) is 0 Å². The molecule has 0 aromatic heterocycles. The Morgan fingerprint density at radius 1 is 1.28 bits per heavy atom. The molecule has 18 heavy (non-hydrogen) atoms. The van der Waals surface area contributed by atoms with Gasteiger partial charge in [-0.3, -0.25) is 0 Å². The SMILES string of the molecule is C=C(OCC)C(C(=O)OC)=C(C=CC(C)C)OC. The van der Waals surface area contributed by atoms with Crippen LogP contribution in [0.4, 0.5) is 0 Å². The first-order chi connectivity index (χ1) is 8.47. The van der Waals surface area contributed by atoms with E-state index in [-0.39, 0.29) is 11.3 Å². The van der Waals surface area contributed by atoms with Crippen LogP contribution in [0.25, 0.3) is 0 Å². The van der Waals surface area contributed by atoms with E-state index in [1.807, 2.05) is 26.8 Å². The van der Waals surface area contributed by atoms with E-state index in [0.717, 1.165) is 0 Å². The predicted molar refractivity (Wildman–Crippen MR) is 70.8 cm³/mol. The molecule has 0 fully saturated rings. The molecule has 0 saturated heterocycles. The first kappa shape index (κ1) is 16.3. The van der Waals surface area contributed by atoms with Gasteiger partial charge in [0, 0.05) is 0 Å². The summed E-state index contributed by atoms with van der Waals surface area (Å²) < 4.78 is 15.2. The van der Waals surface area contributed by atoms with Gasteiger partial charge in [-0.05, 0) is 18.9 Å². The van der Waals surface area contributed by atoms with Crippen molar-refractivity contribution in [2.45, 2.75) is 20.8 Å². The molecule has 102 valence electrons. The number of carbonyl (C=O) groups is 1. The van der Waals surface area contributed by atoms with Gasteiger partial charge in [-0.2, -0.15) is 0 Å². The number of carbonyl (C=O) groups excluding carboxylic acids is 1. The van der Waals surface area contributed by atoms with Crippen LogP contribution in [-0.4, -0.2) is 26.8 Å². The summed E-state index contributed by atoms with van der Waals surface area (Å²) in [6.45, 7) is 10.0. The zero-order chi connectivity index (χ0) is 14.1. The average molecular weight is 254 g/mol. The summed E-state index contributed by atoms with van der Waals surface area (Å²) in [5.41, 5.74) is 0.207. The third-order valence-electron chi connectivity index (χ3n) is 2.09. The van der Waals surface area contributed by atoms with Crippen LogP contribution in [0.5, 0.6) is 0 Å². The van der Waals surface area contributed by atoms with Gasteiger partial charge in [-0.25, -0.2) is 4.79 Å². The van der Waals surface area contributed by atoms with Crippen molar-refractivity contribution in [3.8, 4) is 0 Å². The van der Waals surface area contributed by atoms with E-state index < -0.39 is 5.97 Å². The van der Waals surface area contributed by atoms with Crippen molar-refractivity contribution in [2.24, 2.45) is 5.92 Å². The van der Waals surface area contributed by atoms with Gasteiger partial charge >= 0.3 is 5.97 Å².